The molecule has 0 fully saturated rings. The van der Waals surface area contributed by atoms with E-state index >= 15 is 0 Å². The van der Waals surface area contributed by atoms with Gasteiger partial charge in [0.1, 0.15) is 22.2 Å². The van der Waals surface area contributed by atoms with Crippen molar-refractivity contribution in [2.45, 2.75) is 25.3 Å². The van der Waals surface area contributed by atoms with Crippen LogP contribution in [0.1, 0.15) is 13.8 Å². The molecular weight excluding hydrogens is 437 g/mol. The average molecular weight is 462 g/mol. The van der Waals surface area contributed by atoms with Gasteiger partial charge in [0.15, 0.2) is 0 Å². The molecule has 0 bridgehead atoms. The van der Waals surface area contributed by atoms with Crippen LogP contribution in [0.3, 0.4) is 0 Å². The van der Waals surface area contributed by atoms with Gasteiger partial charge in [0.2, 0.25) is 10.0 Å². The summed E-state index contributed by atoms with van der Waals surface area (Å²) in [6, 6.07) is 11.5. The second kappa shape index (κ2) is 10.4. The molecule has 0 aliphatic heterocycles. The van der Waals surface area contributed by atoms with E-state index in [1.807, 2.05) is 6.92 Å². The molecule has 0 saturated heterocycles. The minimum atomic E-state index is -3.88. The molecule has 2 aromatic carbocycles. The van der Waals surface area contributed by atoms with Crippen molar-refractivity contribution in [1.29, 1.82) is 0 Å². The highest BCUT2D eigenvalue weighted by molar-refractivity contribution is 7.89. The van der Waals surface area contributed by atoms with Crippen LogP contribution in [0.4, 0.5) is 4.39 Å². The van der Waals surface area contributed by atoms with Crippen molar-refractivity contribution in [3.8, 4) is 22.8 Å². The average Bonchev–Trinajstić information content (AvgIpc) is 2.76. The highest BCUT2D eigenvalue weighted by Gasteiger charge is 2.20. The van der Waals surface area contributed by atoms with Crippen LogP contribution in [0.15, 0.2) is 64.5 Å². The summed E-state index contributed by atoms with van der Waals surface area (Å²) >= 11 is 0. The van der Waals surface area contributed by atoms with E-state index in [-0.39, 0.29) is 35.1 Å². The second-order valence-corrected chi connectivity index (χ2v) is 8.42. The van der Waals surface area contributed by atoms with Gasteiger partial charge in [-0.2, -0.15) is 0 Å². The Labute approximate surface area is 185 Å². The molecule has 8 nitrogen and oxygen atoms in total. The maximum absolute atomic E-state index is 13.1. The molecule has 0 saturated carbocycles. The van der Waals surface area contributed by atoms with E-state index in [0.29, 0.717) is 30.2 Å². The van der Waals surface area contributed by atoms with E-state index in [9.17, 15) is 17.6 Å². The van der Waals surface area contributed by atoms with Gasteiger partial charge in [-0.3, -0.25) is 9.36 Å². The first-order chi connectivity index (χ1) is 15.3. The number of sulfonamides is 1. The number of halogens is 1. The SMILES string of the molecule is CCOc1ccc(S(=O)(=O)NCCn2cnc(-c3ccc(F)cc3)cc2=O)c(OCC)c1. The smallest absolute Gasteiger partial charge is 0.253 e. The fraction of sp³-hybridized carbons (Fsp3) is 0.273. The van der Waals surface area contributed by atoms with Crippen molar-refractivity contribution in [3.05, 3.63) is 71.0 Å². The Morgan fingerprint density at radius 1 is 1.03 bits per heavy atom. The summed E-state index contributed by atoms with van der Waals surface area (Å²) in [5.74, 6) is 0.316. The molecule has 32 heavy (non-hydrogen) atoms. The lowest BCUT2D eigenvalue weighted by Crippen LogP contribution is -2.31. The Bertz CT molecular complexity index is 1230. The van der Waals surface area contributed by atoms with Gasteiger partial charge < -0.3 is 9.47 Å². The van der Waals surface area contributed by atoms with Gasteiger partial charge in [-0.15, -0.1) is 0 Å². The van der Waals surface area contributed by atoms with Crippen LogP contribution in [-0.2, 0) is 16.6 Å². The fourth-order valence-electron chi connectivity index (χ4n) is 2.99. The molecule has 0 unspecified atom stereocenters. The van der Waals surface area contributed by atoms with Crippen molar-refractivity contribution in [1.82, 2.24) is 14.3 Å². The molecule has 0 atom stereocenters. The summed E-state index contributed by atoms with van der Waals surface area (Å²) in [6.45, 7) is 4.37. The summed E-state index contributed by atoms with van der Waals surface area (Å²) in [4.78, 5) is 16.6. The minimum Gasteiger partial charge on any atom is -0.494 e. The summed E-state index contributed by atoms with van der Waals surface area (Å²) < 4.78 is 53.3. The lowest BCUT2D eigenvalue weighted by Gasteiger charge is -2.14. The maximum Gasteiger partial charge on any atom is 0.253 e. The first-order valence-corrected chi connectivity index (χ1v) is 11.5. The Hall–Kier alpha value is -3.24. The summed E-state index contributed by atoms with van der Waals surface area (Å²) in [7, 11) is -3.88. The number of rotatable bonds is 10. The van der Waals surface area contributed by atoms with Crippen molar-refractivity contribution in [2.24, 2.45) is 0 Å². The number of nitrogens with one attached hydrogen (secondary N) is 1. The van der Waals surface area contributed by atoms with Crippen molar-refractivity contribution >= 4 is 10.0 Å². The highest BCUT2D eigenvalue weighted by atomic mass is 32.2. The van der Waals surface area contributed by atoms with Crippen LogP contribution < -0.4 is 19.8 Å². The van der Waals surface area contributed by atoms with Crippen LogP contribution in [0.5, 0.6) is 11.5 Å². The maximum atomic E-state index is 13.1. The monoisotopic (exact) mass is 461 g/mol. The predicted molar refractivity (Wildman–Crippen MR) is 118 cm³/mol. The molecular formula is C22H24FN3O5S. The van der Waals surface area contributed by atoms with Crippen LogP contribution >= 0.6 is 0 Å². The Balaban J connectivity index is 1.70. The van der Waals surface area contributed by atoms with E-state index in [1.165, 1.54) is 53.4 Å². The summed E-state index contributed by atoms with van der Waals surface area (Å²) in [5, 5.41) is 0. The van der Waals surface area contributed by atoms with Crippen LogP contribution in [0.2, 0.25) is 0 Å². The van der Waals surface area contributed by atoms with Crippen LogP contribution in [0, 0.1) is 5.82 Å². The molecule has 0 aliphatic carbocycles. The molecule has 3 rings (SSSR count). The Morgan fingerprint density at radius 3 is 2.41 bits per heavy atom. The molecule has 3 aromatic rings. The molecule has 1 N–H and O–H groups in total. The second-order valence-electron chi connectivity index (χ2n) is 6.69. The zero-order valence-corrected chi connectivity index (χ0v) is 18.6. The van der Waals surface area contributed by atoms with Crippen molar-refractivity contribution in [3.63, 3.8) is 0 Å². The minimum absolute atomic E-state index is 0.0140. The number of ether oxygens (including phenoxy) is 2. The van der Waals surface area contributed by atoms with Gasteiger partial charge >= 0.3 is 0 Å². The van der Waals surface area contributed by atoms with Gasteiger partial charge in [0.05, 0.1) is 25.2 Å². The van der Waals surface area contributed by atoms with Gasteiger partial charge in [-0.05, 0) is 50.2 Å². The molecule has 0 spiro atoms. The van der Waals surface area contributed by atoms with E-state index in [4.69, 9.17) is 9.47 Å². The number of hydrogen-bond donors (Lipinski definition) is 1. The molecule has 10 heteroatoms. The summed E-state index contributed by atoms with van der Waals surface area (Å²) in [6.07, 6.45) is 1.33. The largest absolute Gasteiger partial charge is 0.494 e. The third-order valence-corrected chi connectivity index (χ3v) is 5.98. The zero-order chi connectivity index (χ0) is 23.1. The van der Waals surface area contributed by atoms with Crippen LogP contribution in [0.25, 0.3) is 11.3 Å². The lowest BCUT2D eigenvalue weighted by atomic mass is 10.1. The molecule has 0 radical (unpaired) electrons. The van der Waals surface area contributed by atoms with Gasteiger partial charge in [-0.1, -0.05) is 0 Å². The van der Waals surface area contributed by atoms with E-state index in [1.54, 1.807) is 13.0 Å². The standard InChI is InChI=1S/C22H24FN3O5S/c1-3-30-18-9-10-21(20(13-18)31-4-2)32(28,29)25-11-12-26-15-24-19(14-22(26)27)16-5-7-17(23)8-6-16/h5-10,13-15,25H,3-4,11-12H2,1-2H3. The third kappa shape index (κ3) is 5.71. The first-order valence-electron chi connectivity index (χ1n) is 10.1. The highest BCUT2D eigenvalue weighted by Crippen LogP contribution is 2.28. The zero-order valence-electron chi connectivity index (χ0n) is 17.7. The summed E-state index contributed by atoms with van der Waals surface area (Å²) in [5.41, 5.74) is 0.660. The molecule has 0 amide bonds. The number of aromatic nitrogens is 2. The van der Waals surface area contributed by atoms with Gasteiger partial charge in [-0.25, -0.2) is 22.5 Å². The quantitative estimate of drug-likeness (QED) is 0.499. The normalized spacial score (nSPS) is 11.3. The topological polar surface area (TPSA) is 99.5 Å². The van der Waals surface area contributed by atoms with Crippen molar-refractivity contribution in [2.75, 3.05) is 19.8 Å². The molecule has 0 aliphatic rings. The predicted octanol–water partition coefficient (Wildman–Crippen LogP) is 2.83. The number of hydrogen-bond acceptors (Lipinski definition) is 6. The lowest BCUT2D eigenvalue weighted by molar-refractivity contribution is 0.317. The van der Waals surface area contributed by atoms with E-state index in [0.717, 1.165) is 0 Å². The Kier molecular flexibility index (Phi) is 7.60. The van der Waals surface area contributed by atoms with Crippen LogP contribution in [-0.4, -0.2) is 37.7 Å². The van der Waals surface area contributed by atoms with Gasteiger partial charge in [0.25, 0.3) is 5.56 Å². The number of benzene rings is 2. The van der Waals surface area contributed by atoms with Crippen molar-refractivity contribution < 1.29 is 22.3 Å². The van der Waals surface area contributed by atoms with E-state index < -0.39 is 10.0 Å². The Morgan fingerprint density at radius 2 is 1.75 bits per heavy atom. The van der Waals surface area contributed by atoms with E-state index in [2.05, 4.69) is 9.71 Å². The molecule has 170 valence electrons. The van der Waals surface area contributed by atoms with Gasteiger partial charge in [0, 0.05) is 30.8 Å². The first kappa shape index (κ1) is 23.4. The molecule has 1 aromatic heterocycles. The molecule has 1 heterocycles. The third-order valence-electron chi connectivity index (χ3n) is 4.48. The number of nitrogens with zero attached hydrogens (tertiary/aromatic N) is 2. The fourth-order valence-corrected chi connectivity index (χ4v) is 4.13.